The Bertz CT molecular complexity index is 222. The summed E-state index contributed by atoms with van der Waals surface area (Å²) in [6.45, 7) is 2.92. The molecule has 0 heterocycles. The van der Waals surface area contributed by atoms with Crippen LogP contribution in [0.3, 0.4) is 0 Å². The second kappa shape index (κ2) is 14.9. The second-order valence-corrected chi connectivity index (χ2v) is 5.49. The summed E-state index contributed by atoms with van der Waals surface area (Å²) in [5.74, 6) is -0.0848. The topological polar surface area (TPSA) is 69.6 Å². The largest absolute Gasteiger partial charge is 0.395 e. The van der Waals surface area contributed by atoms with Crippen LogP contribution in [0, 0.1) is 0 Å². The molecular weight excluding hydrogens is 254 g/mol. The third-order valence-electron chi connectivity index (χ3n) is 3.52. The van der Waals surface area contributed by atoms with Crippen molar-refractivity contribution < 1.29 is 15.0 Å². The van der Waals surface area contributed by atoms with E-state index in [1.807, 2.05) is 0 Å². The van der Waals surface area contributed by atoms with Gasteiger partial charge in [0.1, 0.15) is 6.10 Å². The molecular formula is C16H33NO3. The third kappa shape index (κ3) is 12.6. The van der Waals surface area contributed by atoms with Crippen LogP contribution in [0.4, 0.5) is 0 Å². The Kier molecular flexibility index (Phi) is 14.6. The lowest BCUT2D eigenvalue weighted by Gasteiger charge is -2.10. The smallest absolute Gasteiger partial charge is 0.162 e. The van der Waals surface area contributed by atoms with Gasteiger partial charge >= 0.3 is 0 Å². The minimum absolute atomic E-state index is 0.0270. The van der Waals surface area contributed by atoms with E-state index in [9.17, 15) is 9.90 Å². The third-order valence-corrected chi connectivity index (χ3v) is 3.52. The molecule has 0 radical (unpaired) electrons. The zero-order valence-corrected chi connectivity index (χ0v) is 13.1. The molecule has 1 unspecified atom stereocenters. The first kappa shape index (κ1) is 19.6. The van der Waals surface area contributed by atoms with Gasteiger partial charge in [-0.2, -0.15) is 0 Å². The number of ketones is 1. The molecule has 1 atom stereocenters. The number of nitrogens with one attached hydrogen (secondary N) is 1. The van der Waals surface area contributed by atoms with Crippen LogP contribution >= 0.6 is 0 Å². The molecule has 120 valence electrons. The zero-order chi connectivity index (χ0) is 15.1. The fraction of sp³-hybridized carbons (Fsp3) is 0.938. The first-order valence-electron chi connectivity index (χ1n) is 8.24. The highest BCUT2D eigenvalue weighted by molar-refractivity contribution is 5.82. The lowest BCUT2D eigenvalue weighted by atomic mass is 10.0. The Hall–Kier alpha value is -0.450. The molecule has 20 heavy (non-hydrogen) atoms. The molecule has 0 aliphatic carbocycles. The summed E-state index contributed by atoms with van der Waals surface area (Å²) in [6, 6.07) is 0. The summed E-state index contributed by atoms with van der Waals surface area (Å²) in [5.41, 5.74) is 0. The monoisotopic (exact) mass is 287 g/mol. The minimum atomic E-state index is -0.921. The van der Waals surface area contributed by atoms with Crippen LogP contribution in [0.5, 0.6) is 0 Å². The van der Waals surface area contributed by atoms with Crippen molar-refractivity contribution in [2.45, 2.75) is 77.2 Å². The molecule has 0 rings (SSSR count). The molecule has 0 aromatic carbocycles. The van der Waals surface area contributed by atoms with Crippen molar-refractivity contribution in [2.24, 2.45) is 0 Å². The van der Waals surface area contributed by atoms with Gasteiger partial charge < -0.3 is 15.5 Å². The van der Waals surface area contributed by atoms with Crippen molar-refractivity contribution in [3.63, 3.8) is 0 Å². The van der Waals surface area contributed by atoms with Gasteiger partial charge in [-0.25, -0.2) is 0 Å². The van der Waals surface area contributed by atoms with Crippen molar-refractivity contribution in [2.75, 3.05) is 19.7 Å². The lowest BCUT2D eigenvalue weighted by Crippen LogP contribution is -2.34. The summed E-state index contributed by atoms with van der Waals surface area (Å²) < 4.78 is 0. The summed E-state index contributed by atoms with van der Waals surface area (Å²) >= 11 is 0. The van der Waals surface area contributed by atoms with E-state index in [0.717, 1.165) is 12.8 Å². The Labute approximate surface area is 124 Å². The second-order valence-electron chi connectivity index (χ2n) is 5.49. The first-order chi connectivity index (χ1) is 9.72. The fourth-order valence-electron chi connectivity index (χ4n) is 2.21. The van der Waals surface area contributed by atoms with Gasteiger partial charge in [0.15, 0.2) is 5.78 Å². The number of rotatable bonds is 15. The van der Waals surface area contributed by atoms with E-state index in [0.29, 0.717) is 13.0 Å². The molecule has 0 amide bonds. The standard InChI is InChI=1S/C16H33NO3/c1-2-3-4-5-6-7-8-9-10-11-15(19)16(20)14-17-12-13-18/h16-18,20H,2-14H2,1H3. The molecule has 3 N–H and O–H groups in total. The molecule has 4 nitrogen and oxygen atoms in total. The van der Waals surface area contributed by atoms with Gasteiger partial charge in [-0.3, -0.25) is 4.79 Å². The minimum Gasteiger partial charge on any atom is -0.395 e. The Morgan fingerprint density at radius 2 is 1.55 bits per heavy atom. The maximum atomic E-state index is 11.6. The van der Waals surface area contributed by atoms with Crippen LogP contribution < -0.4 is 5.32 Å². The zero-order valence-electron chi connectivity index (χ0n) is 13.1. The van der Waals surface area contributed by atoms with Crippen molar-refractivity contribution in [1.82, 2.24) is 5.32 Å². The summed E-state index contributed by atoms with van der Waals surface area (Å²) in [5, 5.41) is 21.0. The van der Waals surface area contributed by atoms with Gasteiger partial charge in [0, 0.05) is 19.5 Å². The van der Waals surface area contributed by atoms with Crippen LogP contribution in [0.2, 0.25) is 0 Å². The van der Waals surface area contributed by atoms with Crippen LogP contribution in [-0.2, 0) is 4.79 Å². The van der Waals surface area contributed by atoms with Gasteiger partial charge in [0.25, 0.3) is 0 Å². The highest BCUT2D eigenvalue weighted by atomic mass is 16.3. The van der Waals surface area contributed by atoms with E-state index in [1.54, 1.807) is 0 Å². The van der Waals surface area contributed by atoms with E-state index in [-0.39, 0.29) is 18.9 Å². The number of hydrogen-bond donors (Lipinski definition) is 3. The molecule has 0 bridgehead atoms. The Morgan fingerprint density at radius 1 is 1.00 bits per heavy atom. The number of aliphatic hydroxyl groups is 2. The summed E-state index contributed by atoms with van der Waals surface area (Å²) in [4.78, 5) is 11.6. The normalized spacial score (nSPS) is 12.6. The quantitative estimate of drug-likeness (QED) is 0.405. The van der Waals surface area contributed by atoms with E-state index >= 15 is 0 Å². The molecule has 0 spiro atoms. The van der Waals surface area contributed by atoms with Gasteiger partial charge in [-0.1, -0.05) is 58.3 Å². The van der Waals surface area contributed by atoms with Crippen LogP contribution in [0.25, 0.3) is 0 Å². The molecule has 0 fully saturated rings. The molecule has 0 aliphatic rings. The average Bonchev–Trinajstić information content (AvgIpc) is 2.45. The van der Waals surface area contributed by atoms with Crippen molar-refractivity contribution in [3.05, 3.63) is 0 Å². The van der Waals surface area contributed by atoms with Gasteiger partial charge in [-0.05, 0) is 6.42 Å². The predicted octanol–water partition coefficient (Wildman–Crippen LogP) is 2.42. The molecule has 0 aliphatic heterocycles. The molecule has 0 aromatic rings. The van der Waals surface area contributed by atoms with Crippen LogP contribution in [0.1, 0.15) is 71.1 Å². The van der Waals surface area contributed by atoms with Crippen LogP contribution in [0.15, 0.2) is 0 Å². The van der Waals surface area contributed by atoms with Gasteiger partial charge in [0.05, 0.1) is 6.61 Å². The highest BCUT2D eigenvalue weighted by Crippen LogP contribution is 2.11. The Balaban J connectivity index is 3.30. The summed E-state index contributed by atoms with van der Waals surface area (Å²) in [7, 11) is 0. The molecule has 0 aromatic heterocycles. The number of unbranched alkanes of at least 4 members (excludes halogenated alkanes) is 8. The molecule has 4 heteroatoms. The average molecular weight is 287 g/mol. The lowest BCUT2D eigenvalue weighted by molar-refractivity contribution is -0.127. The van der Waals surface area contributed by atoms with Crippen molar-refractivity contribution in [3.8, 4) is 0 Å². The Morgan fingerprint density at radius 3 is 2.10 bits per heavy atom. The van der Waals surface area contributed by atoms with Gasteiger partial charge in [0.2, 0.25) is 0 Å². The number of carbonyl (C=O) groups is 1. The number of hydrogen-bond acceptors (Lipinski definition) is 4. The van der Waals surface area contributed by atoms with E-state index in [1.165, 1.54) is 44.9 Å². The number of Topliss-reactive ketones (excluding diaryl/α,β-unsaturated/α-hetero) is 1. The molecule has 0 saturated heterocycles. The van der Waals surface area contributed by atoms with E-state index in [2.05, 4.69) is 12.2 Å². The SMILES string of the molecule is CCCCCCCCCCCC(=O)C(O)CNCCO. The maximum Gasteiger partial charge on any atom is 0.162 e. The van der Waals surface area contributed by atoms with Gasteiger partial charge in [-0.15, -0.1) is 0 Å². The fourth-order valence-corrected chi connectivity index (χ4v) is 2.21. The number of carbonyl (C=O) groups excluding carboxylic acids is 1. The summed E-state index contributed by atoms with van der Waals surface area (Å²) in [6.07, 6.45) is 10.6. The number of aliphatic hydroxyl groups excluding tert-OH is 2. The molecule has 0 saturated carbocycles. The predicted molar refractivity (Wildman–Crippen MR) is 82.8 cm³/mol. The van der Waals surface area contributed by atoms with Crippen molar-refractivity contribution >= 4 is 5.78 Å². The first-order valence-corrected chi connectivity index (χ1v) is 8.24. The maximum absolute atomic E-state index is 11.6. The highest BCUT2D eigenvalue weighted by Gasteiger charge is 2.13. The van der Waals surface area contributed by atoms with E-state index in [4.69, 9.17) is 5.11 Å². The van der Waals surface area contributed by atoms with Crippen molar-refractivity contribution in [1.29, 1.82) is 0 Å². The van der Waals surface area contributed by atoms with E-state index < -0.39 is 6.10 Å². The van der Waals surface area contributed by atoms with Crippen LogP contribution in [-0.4, -0.2) is 41.8 Å².